The van der Waals surface area contributed by atoms with Gasteiger partial charge in [-0.15, -0.1) is 0 Å². The van der Waals surface area contributed by atoms with E-state index in [2.05, 4.69) is 4.98 Å². The van der Waals surface area contributed by atoms with Gasteiger partial charge in [0.2, 0.25) is 0 Å². The van der Waals surface area contributed by atoms with E-state index in [9.17, 15) is 9.18 Å². The van der Waals surface area contributed by atoms with Crippen LogP contribution >= 0.6 is 0 Å². The average molecular weight is 240 g/mol. The molecule has 0 aliphatic heterocycles. The molecule has 0 saturated carbocycles. The molecule has 0 fully saturated rings. The van der Waals surface area contributed by atoms with Gasteiger partial charge in [0.15, 0.2) is 0 Å². The number of nitrogens with zero attached hydrogens (tertiary/aromatic N) is 2. The molecule has 2 heterocycles. The Morgan fingerprint density at radius 3 is 2.56 bits per heavy atom. The zero-order chi connectivity index (χ0) is 12.5. The third-order valence-electron chi connectivity index (χ3n) is 2.76. The lowest BCUT2D eigenvalue weighted by Crippen LogP contribution is -1.83. The van der Waals surface area contributed by atoms with Crippen molar-refractivity contribution in [1.82, 2.24) is 9.38 Å². The third-order valence-corrected chi connectivity index (χ3v) is 2.76. The Morgan fingerprint density at radius 2 is 1.83 bits per heavy atom. The fourth-order valence-corrected chi connectivity index (χ4v) is 1.84. The van der Waals surface area contributed by atoms with Crippen LogP contribution in [-0.2, 0) is 0 Å². The van der Waals surface area contributed by atoms with E-state index in [4.69, 9.17) is 0 Å². The topological polar surface area (TPSA) is 34.4 Å². The van der Waals surface area contributed by atoms with Gasteiger partial charge in [-0.1, -0.05) is 24.3 Å². The summed E-state index contributed by atoms with van der Waals surface area (Å²) in [5, 5.41) is 0. The van der Waals surface area contributed by atoms with Crippen LogP contribution < -0.4 is 0 Å². The Hall–Kier alpha value is -2.49. The molecule has 0 amide bonds. The number of halogens is 1. The number of aldehydes is 1. The van der Waals surface area contributed by atoms with Crippen LogP contribution in [0.5, 0.6) is 0 Å². The maximum atomic E-state index is 13.1. The van der Waals surface area contributed by atoms with Gasteiger partial charge in [-0.25, -0.2) is 9.37 Å². The van der Waals surface area contributed by atoms with Crippen LogP contribution in [0, 0.1) is 5.82 Å². The summed E-state index contributed by atoms with van der Waals surface area (Å²) in [4.78, 5) is 15.0. The van der Waals surface area contributed by atoms with Gasteiger partial charge in [-0.05, 0) is 12.1 Å². The number of benzene rings is 1. The smallest absolute Gasteiger partial charge is 0.150 e. The first-order valence-electron chi connectivity index (χ1n) is 5.46. The predicted molar refractivity (Wildman–Crippen MR) is 66.0 cm³/mol. The molecule has 1 aromatic carbocycles. The van der Waals surface area contributed by atoms with Crippen LogP contribution in [0.3, 0.4) is 0 Å². The second-order valence-corrected chi connectivity index (χ2v) is 3.98. The Morgan fingerprint density at radius 1 is 1.06 bits per heavy atom. The first kappa shape index (κ1) is 10.7. The molecule has 0 atom stereocenters. The monoisotopic (exact) mass is 240 g/mol. The minimum Gasteiger partial charge on any atom is -0.304 e. The summed E-state index contributed by atoms with van der Waals surface area (Å²) in [7, 11) is 0. The molecule has 88 valence electrons. The van der Waals surface area contributed by atoms with E-state index in [1.165, 1.54) is 12.3 Å². The highest BCUT2D eigenvalue weighted by atomic mass is 19.1. The highest BCUT2D eigenvalue weighted by molar-refractivity contribution is 5.76. The molecule has 4 heteroatoms. The normalized spacial score (nSPS) is 10.7. The van der Waals surface area contributed by atoms with Crippen LogP contribution in [0.1, 0.15) is 10.4 Å². The van der Waals surface area contributed by atoms with E-state index < -0.39 is 0 Å². The first-order chi connectivity index (χ1) is 8.76. The van der Waals surface area contributed by atoms with Gasteiger partial charge in [0.25, 0.3) is 0 Å². The number of pyridine rings is 1. The molecule has 0 unspecified atom stereocenters. The lowest BCUT2D eigenvalue weighted by Gasteiger charge is -1.95. The third kappa shape index (κ3) is 1.78. The van der Waals surface area contributed by atoms with Gasteiger partial charge in [-0.3, -0.25) is 4.79 Å². The molecule has 3 rings (SSSR count). The summed E-state index contributed by atoms with van der Waals surface area (Å²) in [5.41, 5.74) is 2.95. The van der Waals surface area contributed by atoms with Gasteiger partial charge in [0.1, 0.15) is 17.8 Å². The molecule has 3 aromatic rings. The van der Waals surface area contributed by atoms with E-state index in [0.717, 1.165) is 17.5 Å². The summed E-state index contributed by atoms with van der Waals surface area (Å²) in [6.07, 6.45) is 3.93. The van der Waals surface area contributed by atoms with E-state index in [0.29, 0.717) is 11.2 Å². The van der Waals surface area contributed by atoms with Crippen molar-refractivity contribution in [3.8, 4) is 11.3 Å². The number of hydrogen-bond donors (Lipinski definition) is 0. The largest absolute Gasteiger partial charge is 0.304 e. The van der Waals surface area contributed by atoms with Crippen LogP contribution in [0.15, 0.2) is 48.8 Å². The average Bonchev–Trinajstić information content (AvgIpc) is 2.81. The zero-order valence-electron chi connectivity index (χ0n) is 9.38. The molecule has 0 radical (unpaired) electrons. The van der Waals surface area contributed by atoms with Crippen molar-refractivity contribution in [1.29, 1.82) is 0 Å². The number of imidazole rings is 1. The van der Waals surface area contributed by atoms with Gasteiger partial charge in [0, 0.05) is 23.5 Å². The lowest BCUT2D eigenvalue weighted by molar-refractivity contribution is 0.112. The molecular formula is C14H9FN2O. The molecule has 0 saturated heterocycles. The molecular weight excluding hydrogens is 231 g/mol. The van der Waals surface area contributed by atoms with E-state index in [1.54, 1.807) is 28.8 Å². The summed E-state index contributed by atoms with van der Waals surface area (Å²) in [5.74, 6) is -0.303. The molecule has 0 N–H and O–H groups in total. The van der Waals surface area contributed by atoms with Crippen molar-refractivity contribution >= 4 is 11.9 Å². The molecule has 18 heavy (non-hydrogen) atoms. The number of carbonyl (C=O) groups is 1. The van der Waals surface area contributed by atoms with Crippen molar-refractivity contribution in [2.45, 2.75) is 0 Å². The van der Waals surface area contributed by atoms with Gasteiger partial charge >= 0.3 is 0 Å². The molecule has 3 nitrogen and oxygen atoms in total. The second-order valence-electron chi connectivity index (χ2n) is 3.98. The fourth-order valence-electron chi connectivity index (χ4n) is 1.84. The maximum absolute atomic E-state index is 13.1. The van der Waals surface area contributed by atoms with Crippen LogP contribution in [0.25, 0.3) is 16.9 Å². The van der Waals surface area contributed by atoms with Crippen LogP contribution in [-0.4, -0.2) is 15.7 Å². The number of rotatable bonds is 2. The Bertz CT molecular complexity index is 716. The highest BCUT2D eigenvalue weighted by Gasteiger charge is 2.04. The SMILES string of the molecule is O=Cc1ccc(-c2cn3cc(F)ccc3n2)cc1. The Kier molecular flexibility index (Phi) is 2.41. The summed E-state index contributed by atoms with van der Waals surface area (Å²) in [6.45, 7) is 0. The number of aromatic nitrogens is 2. The Balaban J connectivity index is 2.10. The summed E-state index contributed by atoms with van der Waals surface area (Å²) >= 11 is 0. The van der Waals surface area contributed by atoms with Crippen molar-refractivity contribution in [3.05, 3.63) is 60.2 Å². The number of hydrogen-bond acceptors (Lipinski definition) is 2. The molecule has 2 aromatic heterocycles. The van der Waals surface area contributed by atoms with Gasteiger partial charge in [0.05, 0.1) is 5.69 Å². The number of fused-ring (bicyclic) bond motifs is 1. The fraction of sp³-hybridized carbons (Fsp3) is 0. The molecule has 0 bridgehead atoms. The Labute approximate surface area is 103 Å². The van der Waals surface area contributed by atoms with Gasteiger partial charge < -0.3 is 4.40 Å². The minimum atomic E-state index is -0.303. The van der Waals surface area contributed by atoms with Crippen molar-refractivity contribution in [2.75, 3.05) is 0 Å². The summed E-state index contributed by atoms with van der Waals surface area (Å²) in [6, 6.07) is 10.1. The highest BCUT2D eigenvalue weighted by Crippen LogP contribution is 2.19. The zero-order valence-corrected chi connectivity index (χ0v) is 9.38. The number of carbonyl (C=O) groups excluding carboxylic acids is 1. The lowest BCUT2D eigenvalue weighted by atomic mass is 10.1. The predicted octanol–water partition coefficient (Wildman–Crippen LogP) is 2.95. The van der Waals surface area contributed by atoms with Crippen LogP contribution in [0.2, 0.25) is 0 Å². The second kappa shape index (κ2) is 4.07. The van der Waals surface area contributed by atoms with Crippen LogP contribution in [0.4, 0.5) is 4.39 Å². The minimum absolute atomic E-state index is 0.303. The quantitative estimate of drug-likeness (QED) is 0.645. The maximum Gasteiger partial charge on any atom is 0.150 e. The van der Waals surface area contributed by atoms with E-state index in [1.807, 2.05) is 12.1 Å². The van der Waals surface area contributed by atoms with E-state index in [-0.39, 0.29) is 5.82 Å². The van der Waals surface area contributed by atoms with Crippen molar-refractivity contribution in [3.63, 3.8) is 0 Å². The molecule has 0 aliphatic carbocycles. The van der Waals surface area contributed by atoms with E-state index >= 15 is 0 Å². The van der Waals surface area contributed by atoms with Gasteiger partial charge in [-0.2, -0.15) is 0 Å². The molecule has 0 aliphatic rings. The summed E-state index contributed by atoms with van der Waals surface area (Å²) < 4.78 is 14.7. The standard InChI is InChI=1S/C14H9FN2O/c15-12-5-6-14-16-13(8-17(14)7-12)11-3-1-10(9-18)2-4-11/h1-9H. The molecule has 0 spiro atoms. The van der Waals surface area contributed by atoms with Crippen molar-refractivity contribution in [2.24, 2.45) is 0 Å². The first-order valence-corrected chi connectivity index (χ1v) is 5.46. The van der Waals surface area contributed by atoms with Crippen molar-refractivity contribution < 1.29 is 9.18 Å².